The predicted molar refractivity (Wildman–Crippen MR) is 52.7 cm³/mol. The van der Waals surface area contributed by atoms with Gasteiger partial charge >= 0.3 is 0 Å². The van der Waals surface area contributed by atoms with Crippen LogP contribution in [0.1, 0.15) is 25.7 Å². The van der Waals surface area contributed by atoms with Gasteiger partial charge in [-0.1, -0.05) is 6.08 Å². The number of nitrogens with one attached hydrogen (secondary N) is 1. The summed E-state index contributed by atoms with van der Waals surface area (Å²) in [5.41, 5.74) is 0. The average molecular weight is 180 g/mol. The first-order chi connectivity index (χ1) is 6.43. The zero-order valence-electron chi connectivity index (χ0n) is 7.83. The number of H-pyrrole nitrogens is 1. The molecule has 0 spiro atoms. The number of imidazole rings is 1. The molecule has 0 aliphatic heterocycles. The predicted octanol–water partition coefficient (Wildman–Crippen LogP) is 2.53. The maximum absolute atomic E-state index is 5.33. The van der Waals surface area contributed by atoms with Gasteiger partial charge in [-0.05, 0) is 25.7 Å². The number of allylic oxidation sites excluding steroid dienone is 1. The third-order valence-electron chi connectivity index (χ3n) is 1.76. The van der Waals surface area contributed by atoms with Crippen molar-refractivity contribution in [3.05, 3.63) is 25.0 Å². The number of aromatic nitrogens is 2. The molecule has 0 aromatic carbocycles. The first-order valence-corrected chi connectivity index (χ1v) is 4.66. The van der Waals surface area contributed by atoms with Crippen molar-refractivity contribution in [1.82, 2.24) is 9.97 Å². The Bertz CT molecular complexity index is 219. The van der Waals surface area contributed by atoms with Crippen molar-refractivity contribution in [2.75, 3.05) is 6.61 Å². The number of hydrogen-bond acceptors (Lipinski definition) is 2. The van der Waals surface area contributed by atoms with E-state index >= 15 is 0 Å². The van der Waals surface area contributed by atoms with E-state index in [9.17, 15) is 0 Å². The van der Waals surface area contributed by atoms with Crippen LogP contribution >= 0.6 is 0 Å². The van der Waals surface area contributed by atoms with Crippen molar-refractivity contribution in [2.45, 2.75) is 25.7 Å². The van der Waals surface area contributed by atoms with E-state index in [-0.39, 0.29) is 0 Å². The number of rotatable bonds is 7. The molecule has 3 nitrogen and oxygen atoms in total. The monoisotopic (exact) mass is 180 g/mol. The van der Waals surface area contributed by atoms with Gasteiger partial charge in [0.15, 0.2) is 0 Å². The normalized spacial score (nSPS) is 9.85. The standard InChI is InChI=1S/C10H16N2O/c1-2-3-4-5-6-9-13-10-11-7-8-12-10/h2,7-8H,1,3-6,9H2,(H,11,12). The smallest absolute Gasteiger partial charge is 0.293 e. The molecule has 0 aliphatic carbocycles. The van der Waals surface area contributed by atoms with Gasteiger partial charge in [0, 0.05) is 12.4 Å². The van der Waals surface area contributed by atoms with Crippen LogP contribution in [0.25, 0.3) is 0 Å². The Morgan fingerprint density at radius 3 is 3.08 bits per heavy atom. The molecule has 0 unspecified atom stereocenters. The quantitative estimate of drug-likeness (QED) is 0.517. The lowest BCUT2D eigenvalue weighted by Crippen LogP contribution is -1.98. The highest BCUT2D eigenvalue weighted by Gasteiger charge is 1.93. The van der Waals surface area contributed by atoms with Crippen molar-refractivity contribution in [3.63, 3.8) is 0 Å². The fraction of sp³-hybridized carbons (Fsp3) is 0.500. The summed E-state index contributed by atoms with van der Waals surface area (Å²) in [7, 11) is 0. The highest BCUT2D eigenvalue weighted by molar-refractivity contribution is 4.91. The Hall–Kier alpha value is -1.25. The van der Waals surface area contributed by atoms with E-state index in [4.69, 9.17) is 4.74 Å². The van der Waals surface area contributed by atoms with E-state index in [1.165, 1.54) is 12.8 Å². The number of nitrogens with zero attached hydrogens (tertiary/aromatic N) is 1. The van der Waals surface area contributed by atoms with Crippen LogP contribution in [0.4, 0.5) is 0 Å². The van der Waals surface area contributed by atoms with Crippen molar-refractivity contribution in [3.8, 4) is 6.01 Å². The molecule has 1 N–H and O–H groups in total. The second kappa shape index (κ2) is 6.29. The SMILES string of the molecule is C=CCCCCCOc1ncc[nH]1. The highest BCUT2D eigenvalue weighted by atomic mass is 16.5. The third kappa shape index (κ3) is 4.35. The molecule has 3 heteroatoms. The summed E-state index contributed by atoms with van der Waals surface area (Å²) >= 11 is 0. The summed E-state index contributed by atoms with van der Waals surface area (Å²) in [6.07, 6.45) is 9.96. The van der Waals surface area contributed by atoms with Crippen molar-refractivity contribution < 1.29 is 4.74 Å². The van der Waals surface area contributed by atoms with Gasteiger partial charge in [0.2, 0.25) is 0 Å². The number of hydrogen-bond donors (Lipinski definition) is 1. The molecule has 0 fully saturated rings. The minimum Gasteiger partial charge on any atom is -0.465 e. The van der Waals surface area contributed by atoms with Gasteiger partial charge < -0.3 is 9.72 Å². The lowest BCUT2D eigenvalue weighted by molar-refractivity contribution is 0.285. The fourth-order valence-corrected chi connectivity index (χ4v) is 1.07. The van der Waals surface area contributed by atoms with Gasteiger partial charge in [-0.15, -0.1) is 6.58 Å². The van der Waals surface area contributed by atoms with Crippen LogP contribution in [0.3, 0.4) is 0 Å². The van der Waals surface area contributed by atoms with E-state index in [1.807, 2.05) is 6.08 Å². The molecule has 0 radical (unpaired) electrons. The molecule has 1 rings (SSSR count). The van der Waals surface area contributed by atoms with Gasteiger partial charge in [-0.3, -0.25) is 0 Å². The van der Waals surface area contributed by atoms with Crippen LogP contribution in [0, 0.1) is 0 Å². The van der Waals surface area contributed by atoms with Crippen LogP contribution in [0.15, 0.2) is 25.0 Å². The molecule has 72 valence electrons. The zero-order chi connectivity index (χ0) is 9.36. The van der Waals surface area contributed by atoms with Crippen molar-refractivity contribution in [1.29, 1.82) is 0 Å². The Balaban J connectivity index is 1.93. The Morgan fingerprint density at radius 1 is 1.46 bits per heavy atom. The summed E-state index contributed by atoms with van der Waals surface area (Å²) in [5, 5.41) is 0. The maximum atomic E-state index is 5.33. The molecule has 0 atom stereocenters. The minimum atomic E-state index is 0.615. The Labute approximate surface area is 78.8 Å². The van der Waals surface area contributed by atoms with E-state index in [0.29, 0.717) is 6.01 Å². The maximum Gasteiger partial charge on any atom is 0.293 e. The van der Waals surface area contributed by atoms with E-state index in [2.05, 4.69) is 16.5 Å². The largest absolute Gasteiger partial charge is 0.465 e. The molecule has 0 saturated carbocycles. The molecule has 0 bridgehead atoms. The first-order valence-electron chi connectivity index (χ1n) is 4.66. The average Bonchev–Trinajstić information content (AvgIpc) is 2.63. The van der Waals surface area contributed by atoms with Crippen molar-refractivity contribution in [2.24, 2.45) is 0 Å². The molecule has 13 heavy (non-hydrogen) atoms. The molecule has 1 aromatic heterocycles. The third-order valence-corrected chi connectivity index (χ3v) is 1.76. The zero-order valence-corrected chi connectivity index (χ0v) is 7.83. The summed E-state index contributed by atoms with van der Waals surface area (Å²) in [4.78, 5) is 6.85. The summed E-state index contributed by atoms with van der Waals surface area (Å²) in [5.74, 6) is 0. The van der Waals surface area contributed by atoms with Crippen LogP contribution in [-0.2, 0) is 0 Å². The summed E-state index contributed by atoms with van der Waals surface area (Å²) < 4.78 is 5.33. The van der Waals surface area contributed by atoms with Gasteiger partial charge in [0.05, 0.1) is 6.61 Å². The van der Waals surface area contributed by atoms with Crippen LogP contribution in [0.5, 0.6) is 6.01 Å². The van der Waals surface area contributed by atoms with Gasteiger partial charge in [-0.2, -0.15) is 0 Å². The van der Waals surface area contributed by atoms with E-state index in [0.717, 1.165) is 19.4 Å². The number of ether oxygens (including phenoxy) is 1. The fourth-order valence-electron chi connectivity index (χ4n) is 1.07. The Kier molecular flexibility index (Phi) is 4.76. The highest BCUT2D eigenvalue weighted by Crippen LogP contribution is 2.03. The van der Waals surface area contributed by atoms with Gasteiger partial charge in [0.1, 0.15) is 0 Å². The second-order valence-electron chi connectivity index (χ2n) is 2.88. The summed E-state index contributed by atoms with van der Waals surface area (Å²) in [6.45, 7) is 4.41. The van der Waals surface area contributed by atoms with Crippen LogP contribution in [-0.4, -0.2) is 16.6 Å². The first kappa shape index (κ1) is 9.84. The molecule has 0 aliphatic rings. The molecular weight excluding hydrogens is 164 g/mol. The molecular formula is C10H16N2O. The molecule has 1 heterocycles. The number of unbranched alkanes of at least 4 members (excludes halogenated alkanes) is 3. The lowest BCUT2D eigenvalue weighted by Gasteiger charge is -2.01. The molecule has 0 amide bonds. The minimum absolute atomic E-state index is 0.615. The lowest BCUT2D eigenvalue weighted by atomic mass is 10.2. The van der Waals surface area contributed by atoms with E-state index in [1.54, 1.807) is 12.4 Å². The van der Waals surface area contributed by atoms with Crippen molar-refractivity contribution >= 4 is 0 Å². The van der Waals surface area contributed by atoms with E-state index < -0.39 is 0 Å². The summed E-state index contributed by atoms with van der Waals surface area (Å²) in [6, 6.07) is 0.615. The van der Waals surface area contributed by atoms with Gasteiger partial charge in [0.25, 0.3) is 6.01 Å². The van der Waals surface area contributed by atoms with Crippen LogP contribution in [0.2, 0.25) is 0 Å². The van der Waals surface area contributed by atoms with Crippen LogP contribution < -0.4 is 4.74 Å². The Morgan fingerprint density at radius 2 is 2.38 bits per heavy atom. The topological polar surface area (TPSA) is 37.9 Å². The molecule has 1 aromatic rings. The second-order valence-corrected chi connectivity index (χ2v) is 2.88. The number of aromatic amines is 1. The molecule has 0 saturated heterocycles. The van der Waals surface area contributed by atoms with Gasteiger partial charge in [-0.25, -0.2) is 4.98 Å².